The number of hydrogen-bond donors (Lipinski definition) is 2. The largest absolute Gasteiger partial charge is 0.455 e. The highest BCUT2D eigenvalue weighted by Crippen LogP contribution is 2.75. The van der Waals surface area contributed by atoms with E-state index in [2.05, 4.69) is 54.5 Å². The van der Waals surface area contributed by atoms with E-state index in [9.17, 15) is 19.8 Å². The Bertz CT molecular complexity index is 1080. The molecule has 10 atom stereocenters. The number of amides is 1. The Morgan fingerprint density at radius 1 is 0.976 bits per heavy atom. The van der Waals surface area contributed by atoms with Crippen molar-refractivity contribution in [3.63, 3.8) is 0 Å². The summed E-state index contributed by atoms with van der Waals surface area (Å²) in [5, 5.41) is 20.2. The number of nitrogens with zero attached hydrogens (tertiary/aromatic N) is 1. The number of ether oxygens (including phenoxy) is 1. The van der Waals surface area contributed by atoms with E-state index < -0.39 is 5.41 Å². The molecule has 0 spiro atoms. The van der Waals surface area contributed by atoms with Gasteiger partial charge in [-0.2, -0.15) is 0 Å². The van der Waals surface area contributed by atoms with Gasteiger partial charge in [-0.1, -0.05) is 60.1 Å². The maximum atomic E-state index is 14.1. The first-order valence-electron chi connectivity index (χ1n) is 16.5. The lowest BCUT2D eigenvalue weighted by molar-refractivity contribution is -0.207. The summed E-state index contributed by atoms with van der Waals surface area (Å²) in [6, 6.07) is 0. The van der Waals surface area contributed by atoms with E-state index in [1.54, 1.807) is 7.05 Å². The van der Waals surface area contributed by atoms with Gasteiger partial charge < -0.3 is 19.8 Å². The molecule has 6 nitrogen and oxygen atoms in total. The Morgan fingerprint density at radius 2 is 1.68 bits per heavy atom. The number of esters is 1. The molecular weight excluding hydrogens is 514 g/mol. The number of carbonyl (C=O) groups is 2. The van der Waals surface area contributed by atoms with Gasteiger partial charge >= 0.3 is 5.97 Å². The third-order valence-corrected chi connectivity index (χ3v) is 14.6. The monoisotopic (exact) mass is 571 g/mol. The highest BCUT2D eigenvalue weighted by molar-refractivity contribution is 5.83. The fourth-order valence-electron chi connectivity index (χ4n) is 11.5. The molecule has 0 aromatic heterocycles. The van der Waals surface area contributed by atoms with Crippen LogP contribution >= 0.6 is 0 Å². The van der Waals surface area contributed by atoms with Crippen molar-refractivity contribution in [1.82, 2.24) is 4.90 Å². The van der Waals surface area contributed by atoms with Gasteiger partial charge in [0.25, 0.3) is 5.91 Å². The number of carbonyl (C=O) groups excluding carboxylic acids is 2. The van der Waals surface area contributed by atoms with Gasteiger partial charge in [-0.3, -0.25) is 9.59 Å². The Balaban J connectivity index is 1.50. The highest BCUT2D eigenvalue weighted by Gasteiger charge is 2.69. The van der Waals surface area contributed by atoms with Crippen LogP contribution in [0.1, 0.15) is 106 Å². The summed E-state index contributed by atoms with van der Waals surface area (Å²) < 4.78 is 5.86. The molecule has 0 radical (unpaired) electrons. The number of rotatable bonds is 5. The van der Waals surface area contributed by atoms with Gasteiger partial charge in [0, 0.05) is 13.6 Å². The van der Waals surface area contributed by atoms with Crippen molar-refractivity contribution in [2.45, 2.75) is 112 Å². The summed E-state index contributed by atoms with van der Waals surface area (Å²) in [5.74, 6) is 1.65. The molecule has 0 bridgehead atoms. The summed E-state index contributed by atoms with van der Waals surface area (Å²) in [7, 11) is 1.64. The van der Waals surface area contributed by atoms with E-state index in [4.69, 9.17) is 4.74 Å². The molecule has 0 aliphatic heterocycles. The number of aliphatic hydroxyl groups excluding tert-OH is 2. The molecule has 1 amide bonds. The van der Waals surface area contributed by atoms with E-state index in [1.807, 2.05) is 0 Å². The van der Waals surface area contributed by atoms with Crippen molar-refractivity contribution in [2.75, 3.05) is 26.8 Å². The number of fused-ring (bicyclic) bond motifs is 7. The summed E-state index contributed by atoms with van der Waals surface area (Å²) in [6.45, 7) is 16.8. The van der Waals surface area contributed by atoms with Crippen LogP contribution in [0.5, 0.6) is 0 Å². The van der Waals surface area contributed by atoms with Crippen molar-refractivity contribution in [3.8, 4) is 0 Å². The second-order valence-corrected chi connectivity index (χ2v) is 16.3. The van der Waals surface area contributed by atoms with E-state index in [1.165, 1.54) is 16.9 Å². The SMILES string of the molecule is C[C@@H]1CC[C@]2(C(=O)OCC(=O)N(C)CCO)CC[C@]3(C)C(=CCC4[C@@]5(C)CC[C@H](O)C(C)(C)C5CC[C@]43C)C2[C@H]1C. The zero-order valence-corrected chi connectivity index (χ0v) is 27.1. The van der Waals surface area contributed by atoms with Gasteiger partial charge in [0.1, 0.15) is 0 Å². The van der Waals surface area contributed by atoms with Gasteiger partial charge in [0.2, 0.25) is 0 Å². The predicted molar refractivity (Wildman–Crippen MR) is 161 cm³/mol. The molecule has 2 N–H and O–H groups in total. The molecule has 0 aromatic rings. The highest BCUT2D eigenvalue weighted by atomic mass is 16.5. The number of hydrogen-bond acceptors (Lipinski definition) is 5. The molecule has 4 saturated carbocycles. The Kier molecular flexibility index (Phi) is 7.84. The van der Waals surface area contributed by atoms with Gasteiger partial charge in [-0.05, 0) is 109 Å². The van der Waals surface area contributed by atoms with Crippen molar-refractivity contribution < 1.29 is 24.5 Å². The van der Waals surface area contributed by atoms with Crippen molar-refractivity contribution in [2.24, 2.45) is 56.7 Å². The van der Waals surface area contributed by atoms with Crippen LogP contribution in [-0.4, -0.2) is 59.9 Å². The fourth-order valence-corrected chi connectivity index (χ4v) is 11.5. The fraction of sp³-hybridized carbons (Fsp3) is 0.886. The lowest BCUT2D eigenvalue weighted by Crippen LogP contribution is -2.65. The molecule has 6 heteroatoms. The minimum Gasteiger partial charge on any atom is -0.455 e. The van der Waals surface area contributed by atoms with Crippen LogP contribution in [-0.2, 0) is 14.3 Å². The van der Waals surface area contributed by atoms with Gasteiger partial charge in [0.15, 0.2) is 6.61 Å². The molecule has 0 aromatic carbocycles. The maximum absolute atomic E-state index is 14.1. The smallest absolute Gasteiger partial charge is 0.313 e. The lowest BCUT2D eigenvalue weighted by atomic mass is 9.33. The second kappa shape index (κ2) is 10.4. The molecule has 41 heavy (non-hydrogen) atoms. The zero-order valence-electron chi connectivity index (χ0n) is 27.1. The van der Waals surface area contributed by atoms with Crippen LogP contribution in [0.2, 0.25) is 0 Å². The van der Waals surface area contributed by atoms with Crippen LogP contribution < -0.4 is 0 Å². The van der Waals surface area contributed by atoms with Gasteiger partial charge in [-0.25, -0.2) is 0 Å². The first kappa shape index (κ1) is 31.0. The molecule has 5 aliphatic rings. The average molecular weight is 572 g/mol. The minimum absolute atomic E-state index is 0.0149. The Morgan fingerprint density at radius 3 is 2.37 bits per heavy atom. The first-order valence-corrected chi connectivity index (χ1v) is 16.5. The quantitative estimate of drug-likeness (QED) is 0.312. The van der Waals surface area contributed by atoms with Crippen molar-refractivity contribution in [1.29, 1.82) is 0 Å². The maximum Gasteiger partial charge on any atom is 0.313 e. The molecule has 0 saturated heterocycles. The Labute approximate surface area is 248 Å². The number of aliphatic hydroxyl groups is 2. The standard InChI is InChI=1S/C35H57NO5/c1-22-11-16-35(30(40)41-21-28(39)36(8)19-20-37)18-17-33(6)24(29(35)23(22)2)9-10-26-32(5)14-13-27(38)31(3,4)25(32)12-15-34(26,33)7/h9,22-23,25-27,29,37-38H,10-21H2,1-8H3/t22-,23+,25?,26?,27+,29?,32+,33-,34-,35+/m1/s1. The summed E-state index contributed by atoms with van der Waals surface area (Å²) in [4.78, 5) is 28.1. The van der Waals surface area contributed by atoms with E-state index in [-0.39, 0.29) is 65.3 Å². The summed E-state index contributed by atoms with van der Waals surface area (Å²) in [6.07, 6.45) is 11.3. The summed E-state index contributed by atoms with van der Waals surface area (Å²) in [5.41, 5.74) is 1.20. The molecule has 4 fully saturated rings. The van der Waals surface area contributed by atoms with E-state index in [0.29, 0.717) is 23.7 Å². The van der Waals surface area contributed by atoms with Crippen LogP contribution in [0.25, 0.3) is 0 Å². The molecule has 5 rings (SSSR count). The third-order valence-electron chi connectivity index (χ3n) is 14.6. The van der Waals surface area contributed by atoms with E-state index >= 15 is 0 Å². The Hall–Kier alpha value is -1.40. The van der Waals surface area contributed by atoms with Crippen molar-refractivity contribution in [3.05, 3.63) is 11.6 Å². The van der Waals surface area contributed by atoms with Crippen LogP contribution in [0.15, 0.2) is 11.6 Å². The molecule has 5 aliphatic carbocycles. The van der Waals surface area contributed by atoms with Gasteiger partial charge in [-0.15, -0.1) is 0 Å². The topological polar surface area (TPSA) is 87.1 Å². The molecular formula is C35H57NO5. The lowest BCUT2D eigenvalue weighted by Gasteiger charge is -2.71. The predicted octanol–water partition coefficient (Wildman–Crippen LogP) is 6.00. The van der Waals surface area contributed by atoms with Crippen LogP contribution in [0.4, 0.5) is 0 Å². The number of likely N-dealkylation sites (N-methyl/N-ethyl adjacent to an activating group) is 1. The summed E-state index contributed by atoms with van der Waals surface area (Å²) >= 11 is 0. The average Bonchev–Trinajstić information content (AvgIpc) is 2.92. The van der Waals surface area contributed by atoms with Crippen LogP contribution in [0, 0.1) is 56.7 Å². The molecule has 232 valence electrons. The molecule has 0 heterocycles. The second-order valence-electron chi connectivity index (χ2n) is 16.3. The van der Waals surface area contributed by atoms with Crippen LogP contribution in [0.3, 0.4) is 0 Å². The minimum atomic E-state index is -0.575. The van der Waals surface area contributed by atoms with Crippen molar-refractivity contribution >= 4 is 11.9 Å². The number of allylic oxidation sites excluding steroid dienone is 2. The zero-order chi connectivity index (χ0) is 30.2. The normalized spacial score (nSPS) is 46.6. The first-order chi connectivity index (χ1) is 19.1. The molecule has 3 unspecified atom stereocenters. The van der Waals surface area contributed by atoms with E-state index in [0.717, 1.165) is 51.4 Å². The van der Waals surface area contributed by atoms with Gasteiger partial charge in [0.05, 0.1) is 18.1 Å². The third kappa shape index (κ3) is 4.30.